The standard InChI is InChI=1S/C75H96Br2N16O28/c1-34(8-9-36-10-14-39(76)15-11-36)20-52(99)43-27-57(103)83-50(30-94)70(114)88-49-29-92-28-41(93(33-92)121-75-63(107)62(106)60(104)53(32-96)120-75)23-46(67(111)90-58(35(2)97)72(116)89-51(31-95)71(115)85-45(66(110)84-43)21-37-6-4-3-5-7-37)81-56(102)25-42(98)24-48(74(118)119)82-55(101)18-19-80-65(109)44(22-38-12-16-40(77)17-13-38)87-73(117)59(61(105)64(79)108)91-68(112)47(26-54(78)100)86-69(49)113/h3-17,20,28,33,35,42-53,58-63,75,94-99,104-107H,18-19,21-27,29-32H2,1-2H3,(H16-,78,79,80,81,82,83,84,85,86,87,88,89,90,91,100,101,102,103,108,109,110,111,112,113,114,115,116,117,118,119)/b9-8+,34-20+/t35-,42+,43-,44-,45-,46-,47-,48-,49+,50-,51-,52-,53+,58-,59-,60-,61+,62-,63+,75-/m0/s1. The molecule has 3 aromatic carbocycles. The van der Waals surface area contributed by atoms with Crippen LogP contribution in [0.3, 0.4) is 0 Å². The first-order valence-corrected chi connectivity index (χ1v) is 39.1. The number of hydrogen-bond donors (Lipinski definition) is 24. The van der Waals surface area contributed by atoms with E-state index in [-0.39, 0.29) is 0 Å². The molecule has 0 radical (unpaired) electrons. The number of amides is 14. The van der Waals surface area contributed by atoms with Crippen LogP contribution in [0.5, 0.6) is 0 Å². The molecule has 4 heterocycles. The zero-order chi connectivity index (χ0) is 89.2. The molecule has 46 heteroatoms. The number of nitrogens with two attached hydrogens (primary N) is 2. The van der Waals surface area contributed by atoms with Crippen LogP contribution in [0.15, 0.2) is 118 Å². The van der Waals surface area contributed by atoms with E-state index in [2.05, 4.69) is 90.3 Å². The Bertz CT molecular complexity index is 4430. The van der Waals surface area contributed by atoms with E-state index in [1.807, 2.05) is 5.32 Å². The lowest BCUT2D eigenvalue weighted by Crippen LogP contribution is -2.65. The second kappa shape index (κ2) is 45.9. The third-order valence-electron chi connectivity index (χ3n) is 19.0. The summed E-state index contributed by atoms with van der Waals surface area (Å²) in [6, 6.07) is -2.79. The number of carboxylic acid groups (broad SMARTS) is 1. The number of aliphatic hydroxyl groups excluding tert-OH is 10. The fraction of sp³-hybridized carbons (Fsp3) is 0.467. The van der Waals surface area contributed by atoms with Crippen molar-refractivity contribution in [3.8, 4) is 0 Å². The fourth-order valence-corrected chi connectivity index (χ4v) is 13.0. The number of benzene rings is 3. The lowest BCUT2D eigenvalue weighted by Gasteiger charge is -2.38. The smallest absolute Gasteiger partial charge is 0.284 e. The first-order chi connectivity index (χ1) is 57.2. The van der Waals surface area contributed by atoms with Gasteiger partial charge in [-0.2, -0.15) is 0 Å². The van der Waals surface area contributed by atoms with Gasteiger partial charge >= 0.3 is 0 Å². The molecule has 26 N–H and O–H groups in total. The molecule has 1 aromatic heterocycles. The summed E-state index contributed by atoms with van der Waals surface area (Å²) in [5, 5.41) is 151. The Balaban J connectivity index is 1.44. The molecule has 3 aliphatic rings. The maximum atomic E-state index is 15.3. The Kier molecular flexibility index (Phi) is 36.8. The number of halogens is 2. The number of nitrogens with zero attached hydrogens (tertiary/aromatic N) is 2. The maximum Gasteiger partial charge on any atom is 0.284 e. The molecule has 7 rings (SSSR count). The molecule has 658 valence electrons. The zero-order valence-corrected chi connectivity index (χ0v) is 67.9. The Morgan fingerprint density at radius 3 is 1.75 bits per heavy atom. The van der Waals surface area contributed by atoms with Crippen molar-refractivity contribution >= 4 is 127 Å². The monoisotopic (exact) mass is 1830 g/mol. The second-order valence-corrected chi connectivity index (χ2v) is 30.4. The van der Waals surface area contributed by atoms with E-state index in [1.165, 1.54) is 49.4 Å². The average molecular weight is 1830 g/mol. The number of allylic oxidation sites excluding steroid dienone is 2. The van der Waals surface area contributed by atoms with E-state index in [9.17, 15) is 119 Å². The van der Waals surface area contributed by atoms with Crippen LogP contribution in [0.2, 0.25) is 0 Å². The summed E-state index contributed by atoms with van der Waals surface area (Å²) in [6.45, 7) is -3.00. The van der Waals surface area contributed by atoms with Gasteiger partial charge in [0.15, 0.2) is 11.8 Å². The average Bonchev–Trinajstić information content (AvgIpc) is 1.78. The summed E-state index contributed by atoms with van der Waals surface area (Å²) in [6.07, 6.45) is -20.3. The van der Waals surface area contributed by atoms with Crippen molar-refractivity contribution in [2.24, 2.45) is 11.5 Å². The van der Waals surface area contributed by atoms with Crippen LogP contribution in [-0.4, -0.2) is 292 Å². The van der Waals surface area contributed by atoms with E-state index in [0.717, 1.165) is 28.5 Å². The molecule has 20 atom stereocenters. The van der Waals surface area contributed by atoms with Crippen LogP contribution < -0.4 is 89.9 Å². The summed E-state index contributed by atoms with van der Waals surface area (Å²) in [5.74, 6) is -21.9. The summed E-state index contributed by atoms with van der Waals surface area (Å²) < 4.78 is 8.34. The topological polar surface area (TPSA) is 705 Å². The van der Waals surface area contributed by atoms with Gasteiger partial charge in [0, 0.05) is 47.6 Å². The second-order valence-electron chi connectivity index (χ2n) is 28.6. The summed E-state index contributed by atoms with van der Waals surface area (Å²) in [7, 11) is 0. The van der Waals surface area contributed by atoms with Crippen molar-refractivity contribution in [1.82, 2.24) is 68.4 Å². The predicted octanol–water partition coefficient (Wildman–Crippen LogP) is -12.2. The third kappa shape index (κ3) is 29.3. The molecule has 44 nitrogen and oxygen atoms in total. The van der Waals surface area contributed by atoms with Gasteiger partial charge in [-0.3, -0.25) is 67.1 Å². The fourth-order valence-electron chi connectivity index (χ4n) is 12.5. The summed E-state index contributed by atoms with van der Waals surface area (Å²) >= 11 is 6.64. The van der Waals surface area contributed by atoms with Crippen LogP contribution >= 0.6 is 31.9 Å². The number of aliphatic hydroxyl groups is 10. The molecule has 3 aliphatic heterocycles. The molecule has 1 fully saturated rings. The number of rotatable bonds is 19. The number of aromatic nitrogens is 2. The van der Waals surface area contributed by atoms with Gasteiger partial charge in [0.25, 0.3) is 12.6 Å². The van der Waals surface area contributed by atoms with Gasteiger partial charge in [-0.15, -0.1) is 0 Å². The number of ether oxygens (including phenoxy) is 1. The van der Waals surface area contributed by atoms with Gasteiger partial charge in [-0.05, 0) is 66.0 Å². The maximum absolute atomic E-state index is 15.3. The van der Waals surface area contributed by atoms with Crippen molar-refractivity contribution in [2.45, 2.75) is 193 Å². The van der Waals surface area contributed by atoms with Crippen LogP contribution in [0.25, 0.3) is 6.08 Å². The van der Waals surface area contributed by atoms with Crippen LogP contribution in [0.1, 0.15) is 68.3 Å². The van der Waals surface area contributed by atoms with Crippen LogP contribution in [-0.2, 0) is 102 Å². The summed E-state index contributed by atoms with van der Waals surface area (Å²) in [4.78, 5) is 220. The number of imidazole rings is 1. The van der Waals surface area contributed by atoms with Crippen molar-refractivity contribution in [1.29, 1.82) is 0 Å². The van der Waals surface area contributed by atoms with Gasteiger partial charge in [0.05, 0.1) is 69.0 Å². The normalized spacial score (nSPS) is 27.9. The molecule has 0 aliphatic carbocycles. The van der Waals surface area contributed by atoms with Gasteiger partial charge < -0.3 is 146 Å². The van der Waals surface area contributed by atoms with Gasteiger partial charge in [0.2, 0.25) is 82.7 Å². The minimum atomic E-state index is -2.74. The highest BCUT2D eigenvalue weighted by atomic mass is 79.9. The predicted molar refractivity (Wildman–Crippen MR) is 418 cm³/mol. The lowest BCUT2D eigenvalue weighted by atomic mass is 9.99. The molecule has 14 amide bonds. The molecular formula is C75H96Br2N16O28. The Labute approximate surface area is 705 Å². The van der Waals surface area contributed by atoms with Gasteiger partial charge in [-0.1, -0.05) is 110 Å². The van der Waals surface area contributed by atoms with Crippen LogP contribution in [0.4, 0.5) is 0 Å². The molecule has 4 bridgehead atoms. The highest BCUT2D eigenvalue weighted by molar-refractivity contribution is 9.10. The molecule has 0 spiro atoms. The SMILES string of the molecule is CC(/C=C/c1ccc(Br)cc1)=C\[C@H](O)[C@@H]1CC(=O)N[C@@H](CO)C(=O)N[C@@H]2Cn3cc([n+](O[C@@H]4O[C@H](CO)[C@H](O)[C@H](O)[C@H]4O)c3)C[C@H](NC(=O)C[C@H](O)C[C@@H](C(=O)[O-])NC(=O)CCNC(=O)[C@H](Cc3ccc(Br)cc3)NC(=O)[C@H]([C@@H](O)C(N)=O)NC(=O)[C@H](CC(N)=O)NC2=O)C(=O)N[C@@H]([C@H](C)O)C(=O)N[C@@H](CO)C(=O)N[C@@H](Cc2ccccc2)C(=O)N1. The molecule has 121 heavy (non-hydrogen) atoms. The number of aliphatic carboxylic acids is 1. The van der Waals surface area contributed by atoms with Crippen LogP contribution in [0, 0.1) is 0 Å². The first-order valence-electron chi connectivity index (χ1n) is 37.5. The quantitative estimate of drug-likeness (QED) is 0.0306. The Hall–Kier alpha value is -11.3. The highest BCUT2D eigenvalue weighted by Crippen LogP contribution is 2.22. The van der Waals surface area contributed by atoms with Crippen molar-refractivity contribution in [2.75, 3.05) is 26.4 Å². The molecule has 1 saturated heterocycles. The summed E-state index contributed by atoms with van der Waals surface area (Å²) in [5.41, 5.74) is 12.2. The number of nitrogens with one attached hydrogen (secondary N) is 12. The van der Waals surface area contributed by atoms with E-state index in [0.29, 0.717) is 31.5 Å². The minimum Gasteiger partial charge on any atom is -0.548 e. The number of fused-ring (bicyclic) bond motifs is 2. The minimum absolute atomic E-state index is 0.311. The lowest BCUT2D eigenvalue weighted by molar-refractivity contribution is -0.913. The molecule has 4 aromatic rings. The van der Waals surface area contributed by atoms with E-state index < -0.39 is 300 Å². The van der Waals surface area contributed by atoms with Gasteiger partial charge in [0.1, 0.15) is 91.5 Å². The molecule has 0 saturated carbocycles. The van der Waals surface area contributed by atoms with Crippen molar-refractivity contribution in [3.05, 3.63) is 140 Å². The zero-order valence-electron chi connectivity index (χ0n) is 64.8. The van der Waals surface area contributed by atoms with E-state index in [4.69, 9.17) is 21.0 Å². The van der Waals surface area contributed by atoms with E-state index in [1.54, 1.807) is 54.6 Å². The first kappa shape index (κ1) is 96.8. The largest absolute Gasteiger partial charge is 0.548 e. The van der Waals surface area contributed by atoms with Crippen molar-refractivity contribution in [3.63, 3.8) is 0 Å². The Morgan fingerprint density at radius 1 is 0.595 bits per heavy atom. The molecular weight excluding hydrogens is 1730 g/mol. The van der Waals surface area contributed by atoms with E-state index >= 15 is 9.59 Å². The third-order valence-corrected chi connectivity index (χ3v) is 20.1. The van der Waals surface area contributed by atoms with Gasteiger partial charge in [-0.25, -0.2) is 4.57 Å². The number of carbonyl (C=O) groups excluding carboxylic acids is 15. The number of carboxylic acids is 1. The number of hydrogen-bond acceptors (Lipinski definition) is 28. The van der Waals surface area contributed by atoms with Crippen molar-refractivity contribution < 1.29 is 142 Å². The Morgan fingerprint density at radius 2 is 1.14 bits per heavy atom. The number of carbonyl (C=O) groups is 15. The highest BCUT2D eigenvalue weighted by Gasteiger charge is 2.48. The molecule has 0 unspecified atom stereocenters. The number of primary amides is 2.